The van der Waals surface area contributed by atoms with E-state index in [1.165, 1.54) is 24.3 Å². The van der Waals surface area contributed by atoms with E-state index in [-0.39, 0.29) is 28.0 Å². The summed E-state index contributed by atoms with van der Waals surface area (Å²) >= 11 is 0. The standard InChI is InChI=1S/C21H20N2O5/c1-22(2)11-5-7-13(15(24)9-11)17-19(26)18(21(28)20(17)27)14-8-6-12(23(3)4)10-16(14)25/h5-10,24,26H,1-4H3/b18-14-. The Morgan fingerprint density at radius 2 is 1.46 bits per heavy atom. The first-order valence-corrected chi connectivity index (χ1v) is 8.52. The predicted octanol–water partition coefficient (Wildman–Crippen LogP) is 1.76. The lowest BCUT2D eigenvalue weighted by molar-refractivity contribution is -0.130. The summed E-state index contributed by atoms with van der Waals surface area (Å²) in [5.74, 6) is -3.27. The molecular formula is C21H20N2O5. The van der Waals surface area contributed by atoms with Gasteiger partial charge in [-0.3, -0.25) is 14.4 Å². The molecule has 0 saturated heterocycles. The number of rotatable bonds is 3. The van der Waals surface area contributed by atoms with Gasteiger partial charge in [-0.05, 0) is 24.3 Å². The summed E-state index contributed by atoms with van der Waals surface area (Å²) in [4.78, 5) is 41.0. The van der Waals surface area contributed by atoms with Crippen molar-refractivity contribution in [3.05, 3.63) is 64.6 Å². The summed E-state index contributed by atoms with van der Waals surface area (Å²) in [6.07, 6.45) is 4.36. The highest BCUT2D eigenvalue weighted by Gasteiger charge is 2.41. The van der Waals surface area contributed by atoms with E-state index >= 15 is 0 Å². The van der Waals surface area contributed by atoms with Gasteiger partial charge in [-0.2, -0.15) is 0 Å². The molecule has 2 aliphatic carbocycles. The lowest BCUT2D eigenvalue weighted by Gasteiger charge is -2.17. The molecule has 0 unspecified atom stereocenters. The topological polar surface area (TPSA) is 98.2 Å². The van der Waals surface area contributed by atoms with Crippen LogP contribution in [0.2, 0.25) is 0 Å². The van der Waals surface area contributed by atoms with Gasteiger partial charge < -0.3 is 20.0 Å². The average molecular weight is 380 g/mol. The number of aliphatic hydroxyl groups excluding tert-OH is 1. The maximum absolute atomic E-state index is 12.5. The van der Waals surface area contributed by atoms with Crippen LogP contribution in [0.25, 0.3) is 5.57 Å². The van der Waals surface area contributed by atoms with Gasteiger partial charge in [-0.25, -0.2) is 0 Å². The summed E-state index contributed by atoms with van der Waals surface area (Å²) in [7, 11) is 7.10. The first-order chi connectivity index (χ1) is 13.1. The molecule has 0 fully saturated rings. The zero-order chi connectivity index (χ0) is 20.7. The third-order valence-electron chi connectivity index (χ3n) is 4.65. The highest BCUT2D eigenvalue weighted by molar-refractivity contribution is 6.63. The zero-order valence-electron chi connectivity index (χ0n) is 16.0. The first kappa shape index (κ1) is 19.2. The quantitative estimate of drug-likeness (QED) is 0.609. The fourth-order valence-electron chi connectivity index (χ4n) is 3.07. The predicted molar refractivity (Wildman–Crippen MR) is 105 cm³/mol. The molecule has 0 saturated carbocycles. The third-order valence-corrected chi connectivity index (χ3v) is 4.65. The number of aliphatic hydroxyl groups is 1. The van der Waals surface area contributed by atoms with Crippen LogP contribution in [0, 0.1) is 0 Å². The molecule has 3 rings (SSSR count). The lowest BCUT2D eigenvalue weighted by atomic mass is 9.96. The number of phenols is 1. The second kappa shape index (κ2) is 6.84. The number of carbonyl (C=O) groups excluding carboxylic acids is 3. The molecule has 2 N–H and O–H groups in total. The van der Waals surface area contributed by atoms with Crippen LogP contribution in [-0.2, 0) is 14.4 Å². The number of anilines is 1. The van der Waals surface area contributed by atoms with Crippen molar-refractivity contribution in [3.63, 3.8) is 0 Å². The number of hydrogen-bond donors (Lipinski definition) is 2. The number of likely N-dealkylation sites (N-methyl/N-ethyl adjacent to an activating group) is 1. The van der Waals surface area contributed by atoms with Crippen LogP contribution in [0.15, 0.2) is 59.0 Å². The monoisotopic (exact) mass is 380 g/mol. The van der Waals surface area contributed by atoms with Gasteiger partial charge in [0.15, 0.2) is 5.78 Å². The number of phenolic OH excluding ortho intramolecular Hbond substituents is 1. The van der Waals surface area contributed by atoms with Crippen LogP contribution in [0.3, 0.4) is 0 Å². The fraction of sp³-hybridized carbons (Fsp3) is 0.190. The minimum atomic E-state index is -0.974. The normalized spacial score (nSPS) is 19.4. The Bertz CT molecular complexity index is 1040. The molecule has 1 aromatic carbocycles. The molecular weight excluding hydrogens is 360 g/mol. The molecule has 0 spiro atoms. The van der Waals surface area contributed by atoms with Crippen LogP contribution in [-0.4, -0.2) is 60.7 Å². The van der Waals surface area contributed by atoms with E-state index in [2.05, 4.69) is 0 Å². The second-order valence-corrected chi connectivity index (χ2v) is 6.93. The molecule has 2 aliphatic rings. The Labute approximate surface area is 162 Å². The SMILES string of the molecule is CN(C)C1=CC(=O)/C(=C2\C(=O)C(=O)C(c3ccc(N(C)C)cc3O)=C2O)C=C1. The molecule has 0 bridgehead atoms. The third kappa shape index (κ3) is 3.00. The van der Waals surface area contributed by atoms with Gasteiger partial charge in [-0.1, -0.05) is 0 Å². The molecule has 7 nitrogen and oxygen atoms in total. The van der Waals surface area contributed by atoms with E-state index < -0.39 is 23.1 Å². The minimum Gasteiger partial charge on any atom is -0.507 e. The van der Waals surface area contributed by atoms with Gasteiger partial charge in [0, 0.05) is 62.9 Å². The maximum Gasteiger partial charge on any atom is 0.238 e. The Kier molecular flexibility index (Phi) is 4.68. The van der Waals surface area contributed by atoms with E-state index in [1.54, 1.807) is 50.1 Å². The molecule has 7 heteroatoms. The second-order valence-electron chi connectivity index (χ2n) is 6.93. The molecule has 0 aliphatic heterocycles. The zero-order valence-corrected chi connectivity index (χ0v) is 16.0. The van der Waals surface area contributed by atoms with Crippen LogP contribution < -0.4 is 4.90 Å². The average Bonchev–Trinajstić information content (AvgIpc) is 2.84. The van der Waals surface area contributed by atoms with E-state index in [9.17, 15) is 24.6 Å². The van der Waals surface area contributed by atoms with Gasteiger partial charge in [0.2, 0.25) is 11.6 Å². The van der Waals surface area contributed by atoms with Crippen molar-refractivity contribution >= 4 is 28.6 Å². The van der Waals surface area contributed by atoms with E-state index in [0.717, 1.165) is 0 Å². The number of carbonyl (C=O) groups is 3. The summed E-state index contributed by atoms with van der Waals surface area (Å²) < 4.78 is 0. The van der Waals surface area contributed by atoms with Gasteiger partial charge in [0.25, 0.3) is 0 Å². The van der Waals surface area contributed by atoms with Gasteiger partial charge in [0.1, 0.15) is 11.5 Å². The highest BCUT2D eigenvalue weighted by atomic mass is 16.3. The fourth-order valence-corrected chi connectivity index (χ4v) is 3.07. The minimum absolute atomic E-state index is 0.0359. The number of ketones is 3. The summed E-state index contributed by atoms with van der Waals surface area (Å²) in [5, 5.41) is 21.0. The molecule has 0 radical (unpaired) electrons. The van der Waals surface area contributed by atoms with E-state index in [4.69, 9.17) is 0 Å². The Morgan fingerprint density at radius 3 is 2.00 bits per heavy atom. The highest BCUT2D eigenvalue weighted by Crippen LogP contribution is 2.39. The van der Waals surface area contributed by atoms with Crippen LogP contribution in [0.4, 0.5) is 5.69 Å². The molecule has 0 aromatic heterocycles. The van der Waals surface area contributed by atoms with Crippen LogP contribution in [0.1, 0.15) is 5.56 Å². The molecule has 0 amide bonds. The Morgan fingerprint density at radius 1 is 0.821 bits per heavy atom. The Hall–Kier alpha value is -3.61. The summed E-state index contributed by atoms with van der Waals surface area (Å²) in [6, 6.07) is 4.53. The van der Waals surface area contributed by atoms with Crippen molar-refractivity contribution in [2.75, 3.05) is 33.1 Å². The summed E-state index contributed by atoms with van der Waals surface area (Å²) in [5.41, 5.74) is 0.648. The van der Waals surface area contributed by atoms with Crippen LogP contribution >= 0.6 is 0 Å². The van der Waals surface area contributed by atoms with Crippen molar-refractivity contribution < 1.29 is 24.6 Å². The van der Waals surface area contributed by atoms with Crippen molar-refractivity contribution in [3.8, 4) is 5.75 Å². The smallest absolute Gasteiger partial charge is 0.238 e. The van der Waals surface area contributed by atoms with Crippen molar-refractivity contribution in [1.82, 2.24) is 4.90 Å². The van der Waals surface area contributed by atoms with Gasteiger partial charge >= 0.3 is 0 Å². The van der Waals surface area contributed by atoms with E-state index in [0.29, 0.717) is 11.4 Å². The molecule has 0 heterocycles. The molecule has 0 atom stereocenters. The maximum atomic E-state index is 12.5. The number of aromatic hydroxyl groups is 1. The molecule has 1 aromatic rings. The number of allylic oxidation sites excluding steroid dienone is 6. The number of nitrogens with zero attached hydrogens (tertiary/aromatic N) is 2. The lowest BCUT2D eigenvalue weighted by Crippen LogP contribution is -2.18. The van der Waals surface area contributed by atoms with Crippen molar-refractivity contribution in [1.29, 1.82) is 0 Å². The summed E-state index contributed by atoms with van der Waals surface area (Å²) in [6.45, 7) is 0. The molecule has 28 heavy (non-hydrogen) atoms. The van der Waals surface area contributed by atoms with Gasteiger partial charge in [0.05, 0.1) is 11.1 Å². The Balaban J connectivity index is 2.14. The number of Topliss-reactive ketones (excluding diaryl/α,β-unsaturated/α-hetero) is 2. The van der Waals surface area contributed by atoms with Crippen LogP contribution in [0.5, 0.6) is 5.75 Å². The van der Waals surface area contributed by atoms with Gasteiger partial charge in [-0.15, -0.1) is 0 Å². The van der Waals surface area contributed by atoms with Crippen molar-refractivity contribution in [2.45, 2.75) is 0 Å². The largest absolute Gasteiger partial charge is 0.507 e. The van der Waals surface area contributed by atoms with Crippen molar-refractivity contribution in [2.24, 2.45) is 0 Å². The molecule has 144 valence electrons. The van der Waals surface area contributed by atoms with E-state index in [1.807, 2.05) is 0 Å². The first-order valence-electron chi connectivity index (χ1n) is 8.52. The number of hydrogen-bond acceptors (Lipinski definition) is 7. The number of benzene rings is 1.